The number of hydrogen-bond donors (Lipinski definition) is 0. The molecule has 1 unspecified atom stereocenters. The molecule has 0 bridgehead atoms. The highest BCUT2D eigenvalue weighted by Crippen LogP contribution is 2.25. The Bertz CT molecular complexity index is 524. The minimum Gasteiger partial charge on any atom is -0.271 e. The first-order valence-corrected chi connectivity index (χ1v) is 9.47. The van der Waals surface area contributed by atoms with Crippen LogP contribution in [0.2, 0.25) is 19.6 Å². The second kappa shape index (κ2) is 4.38. The smallest absolute Gasteiger partial charge is 0.0923 e. The average Bonchev–Trinajstić information content (AvgIpc) is 2.67. The molecule has 1 aromatic carbocycles. The Balaban J connectivity index is 2.46. The van der Waals surface area contributed by atoms with E-state index in [0.29, 0.717) is 5.67 Å². The van der Waals surface area contributed by atoms with Gasteiger partial charge in [-0.2, -0.15) is 5.10 Å². The van der Waals surface area contributed by atoms with Gasteiger partial charge in [-0.1, -0.05) is 37.8 Å². The molecular formula is C14H18N2Si. The van der Waals surface area contributed by atoms with Crippen LogP contribution in [0.4, 0.5) is 0 Å². The maximum absolute atomic E-state index is 5.49. The van der Waals surface area contributed by atoms with E-state index in [1.165, 1.54) is 5.39 Å². The summed E-state index contributed by atoms with van der Waals surface area (Å²) < 4.78 is 2.08. The Morgan fingerprint density at radius 1 is 1.35 bits per heavy atom. The van der Waals surface area contributed by atoms with Gasteiger partial charge in [-0.05, 0) is 6.07 Å². The third-order valence-electron chi connectivity index (χ3n) is 3.06. The van der Waals surface area contributed by atoms with Gasteiger partial charge in [-0.3, -0.25) is 4.68 Å². The molecule has 2 rings (SSSR count). The van der Waals surface area contributed by atoms with Crippen molar-refractivity contribution in [1.82, 2.24) is 9.78 Å². The summed E-state index contributed by atoms with van der Waals surface area (Å²) in [6.07, 6.45) is 8.38. The van der Waals surface area contributed by atoms with E-state index in [2.05, 4.69) is 47.6 Å². The van der Waals surface area contributed by atoms with Crippen LogP contribution in [-0.4, -0.2) is 17.9 Å². The molecule has 0 radical (unpaired) electrons. The number of fused-ring (bicyclic) bond motifs is 1. The van der Waals surface area contributed by atoms with Gasteiger partial charge in [0.2, 0.25) is 0 Å². The van der Waals surface area contributed by atoms with Crippen molar-refractivity contribution in [2.75, 3.05) is 0 Å². The van der Waals surface area contributed by atoms with Crippen LogP contribution in [0, 0.1) is 12.3 Å². The van der Waals surface area contributed by atoms with Crippen LogP contribution in [0.15, 0.2) is 30.5 Å². The lowest BCUT2D eigenvalue weighted by Gasteiger charge is -2.27. The quantitative estimate of drug-likeness (QED) is 0.595. The summed E-state index contributed by atoms with van der Waals surface area (Å²) in [6, 6.07) is 8.20. The standard InChI is InChI=1S/C14H18N2Si/c1-5-8-14(17(2,3)4)16-11-12-9-6-7-10-13(12)15-16/h1,6-7,9-11,14H,8H2,2-4H3. The fraction of sp³-hybridized carbons (Fsp3) is 0.357. The van der Waals surface area contributed by atoms with Crippen molar-refractivity contribution < 1.29 is 0 Å². The first kappa shape index (κ1) is 11.9. The second-order valence-electron chi connectivity index (χ2n) is 5.46. The van der Waals surface area contributed by atoms with Crippen molar-refractivity contribution in [2.45, 2.75) is 31.7 Å². The molecule has 0 aliphatic rings. The molecule has 2 nitrogen and oxygen atoms in total. The van der Waals surface area contributed by atoms with Crippen LogP contribution in [0.1, 0.15) is 12.1 Å². The highest BCUT2D eigenvalue weighted by atomic mass is 28.3. The number of hydrogen-bond acceptors (Lipinski definition) is 1. The third kappa shape index (κ3) is 2.42. The Hall–Kier alpha value is -1.53. The molecule has 0 saturated carbocycles. The Labute approximate surface area is 104 Å². The molecule has 0 fully saturated rings. The Morgan fingerprint density at radius 3 is 2.65 bits per heavy atom. The number of terminal acetylenes is 1. The summed E-state index contributed by atoms with van der Waals surface area (Å²) in [5.74, 6) is 2.79. The van der Waals surface area contributed by atoms with Crippen molar-refractivity contribution >= 4 is 19.0 Å². The largest absolute Gasteiger partial charge is 0.271 e. The normalized spacial score (nSPS) is 13.5. The molecule has 0 amide bonds. The molecule has 0 aliphatic carbocycles. The van der Waals surface area contributed by atoms with Gasteiger partial charge in [0.15, 0.2) is 0 Å². The number of nitrogens with zero attached hydrogens (tertiary/aromatic N) is 2. The zero-order chi connectivity index (χ0) is 12.5. The second-order valence-corrected chi connectivity index (χ2v) is 10.9. The van der Waals surface area contributed by atoms with Crippen LogP contribution in [0.5, 0.6) is 0 Å². The van der Waals surface area contributed by atoms with Crippen molar-refractivity contribution in [3.05, 3.63) is 30.5 Å². The zero-order valence-corrected chi connectivity index (χ0v) is 11.6. The van der Waals surface area contributed by atoms with E-state index in [-0.39, 0.29) is 0 Å². The monoisotopic (exact) mass is 242 g/mol. The molecule has 0 N–H and O–H groups in total. The summed E-state index contributed by atoms with van der Waals surface area (Å²) in [5, 5.41) is 5.84. The van der Waals surface area contributed by atoms with Gasteiger partial charge in [0.1, 0.15) is 0 Å². The average molecular weight is 242 g/mol. The van der Waals surface area contributed by atoms with Crippen molar-refractivity contribution in [3.63, 3.8) is 0 Å². The molecule has 1 heterocycles. The van der Waals surface area contributed by atoms with E-state index in [4.69, 9.17) is 6.42 Å². The van der Waals surface area contributed by atoms with E-state index in [9.17, 15) is 0 Å². The molecule has 1 aromatic heterocycles. The van der Waals surface area contributed by atoms with Gasteiger partial charge < -0.3 is 0 Å². The van der Waals surface area contributed by atoms with Gasteiger partial charge >= 0.3 is 0 Å². The molecule has 0 saturated heterocycles. The van der Waals surface area contributed by atoms with Crippen LogP contribution in [0.3, 0.4) is 0 Å². The SMILES string of the molecule is C#CCC(n1cc2ccccc2n1)[Si](C)(C)C. The molecule has 0 spiro atoms. The predicted molar refractivity (Wildman–Crippen MR) is 75.6 cm³/mol. The highest BCUT2D eigenvalue weighted by Gasteiger charge is 2.28. The molecule has 88 valence electrons. The Kier molecular flexibility index (Phi) is 3.08. The van der Waals surface area contributed by atoms with Gasteiger partial charge in [-0.25, -0.2) is 0 Å². The van der Waals surface area contributed by atoms with Crippen LogP contribution < -0.4 is 0 Å². The first-order chi connectivity index (χ1) is 8.02. The topological polar surface area (TPSA) is 17.8 Å². The molecule has 1 atom stereocenters. The number of rotatable bonds is 3. The minimum atomic E-state index is -1.35. The zero-order valence-electron chi connectivity index (χ0n) is 10.6. The van der Waals surface area contributed by atoms with Gasteiger partial charge in [0.05, 0.1) is 19.3 Å². The van der Waals surface area contributed by atoms with Crippen LogP contribution in [-0.2, 0) is 0 Å². The number of benzene rings is 1. The summed E-state index contributed by atoms with van der Waals surface area (Å²) in [5.41, 5.74) is 1.42. The maximum Gasteiger partial charge on any atom is 0.0923 e. The summed E-state index contributed by atoms with van der Waals surface area (Å²) >= 11 is 0. The molecule has 0 aliphatic heterocycles. The third-order valence-corrected chi connectivity index (χ3v) is 5.53. The van der Waals surface area contributed by atoms with Crippen LogP contribution in [0.25, 0.3) is 10.9 Å². The van der Waals surface area contributed by atoms with E-state index >= 15 is 0 Å². The molecule has 2 aromatic rings. The van der Waals surface area contributed by atoms with E-state index < -0.39 is 8.07 Å². The lowest BCUT2D eigenvalue weighted by Crippen LogP contribution is -2.35. The van der Waals surface area contributed by atoms with Crippen molar-refractivity contribution in [3.8, 4) is 12.3 Å². The minimum absolute atomic E-state index is 0.375. The molecular weight excluding hydrogens is 224 g/mol. The Morgan fingerprint density at radius 2 is 2.06 bits per heavy atom. The van der Waals surface area contributed by atoms with Crippen LogP contribution >= 0.6 is 0 Å². The summed E-state index contributed by atoms with van der Waals surface area (Å²) in [7, 11) is -1.35. The predicted octanol–water partition coefficient (Wildman–Crippen LogP) is 3.48. The lowest BCUT2D eigenvalue weighted by atomic mass is 10.3. The van der Waals surface area contributed by atoms with Gasteiger partial charge in [-0.15, -0.1) is 12.3 Å². The van der Waals surface area contributed by atoms with Gasteiger partial charge in [0.25, 0.3) is 0 Å². The number of aromatic nitrogens is 2. The fourth-order valence-corrected chi connectivity index (χ4v) is 3.71. The highest BCUT2D eigenvalue weighted by molar-refractivity contribution is 6.76. The molecule has 3 heteroatoms. The van der Waals surface area contributed by atoms with Crippen molar-refractivity contribution in [2.24, 2.45) is 0 Å². The van der Waals surface area contributed by atoms with E-state index in [0.717, 1.165) is 11.9 Å². The fourth-order valence-electron chi connectivity index (χ4n) is 2.05. The first-order valence-electron chi connectivity index (χ1n) is 5.90. The van der Waals surface area contributed by atoms with Gasteiger partial charge in [0, 0.05) is 18.0 Å². The summed E-state index contributed by atoms with van der Waals surface area (Å²) in [6.45, 7) is 7.00. The van der Waals surface area contributed by atoms with Crippen molar-refractivity contribution in [1.29, 1.82) is 0 Å². The van der Waals surface area contributed by atoms with E-state index in [1.807, 2.05) is 18.2 Å². The molecule has 17 heavy (non-hydrogen) atoms. The van der Waals surface area contributed by atoms with E-state index in [1.54, 1.807) is 0 Å². The summed E-state index contributed by atoms with van der Waals surface area (Å²) in [4.78, 5) is 0. The lowest BCUT2D eigenvalue weighted by molar-refractivity contribution is 0.586. The maximum atomic E-state index is 5.49.